The molecule has 0 radical (unpaired) electrons. The van der Waals surface area contributed by atoms with Gasteiger partial charge in [0.2, 0.25) is 0 Å². The summed E-state index contributed by atoms with van der Waals surface area (Å²) in [4.78, 5) is 15.7. The number of hydrogen-bond acceptors (Lipinski definition) is 5. The molecule has 1 aromatic rings. The number of thiazole rings is 1. The Morgan fingerprint density at radius 2 is 2.30 bits per heavy atom. The van der Waals surface area contributed by atoms with Crippen molar-refractivity contribution in [1.82, 2.24) is 4.98 Å². The van der Waals surface area contributed by atoms with Gasteiger partial charge in [0.25, 0.3) is 5.91 Å². The maximum atomic E-state index is 11.8. The molecule has 0 saturated heterocycles. The van der Waals surface area contributed by atoms with Crippen molar-refractivity contribution in [3.63, 3.8) is 0 Å². The Morgan fingerprint density at radius 3 is 2.95 bits per heavy atom. The van der Waals surface area contributed by atoms with Gasteiger partial charge in [-0.2, -0.15) is 13.2 Å². The van der Waals surface area contributed by atoms with Crippen molar-refractivity contribution in [3.05, 3.63) is 11.1 Å². The highest BCUT2D eigenvalue weighted by atomic mass is 32.1. The molecule has 0 aliphatic rings. The minimum atomic E-state index is -4.46. The molecule has 1 heterocycles. The first kappa shape index (κ1) is 16.4. The number of aliphatic hydroxyl groups excluding tert-OH is 1. The average Bonchev–Trinajstić information content (AvgIpc) is 2.75. The van der Waals surface area contributed by atoms with Crippen molar-refractivity contribution >= 4 is 22.4 Å². The highest BCUT2D eigenvalue weighted by molar-refractivity contribution is 7.16. The fourth-order valence-corrected chi connectivity index (χ4v) is 1.72. The molecule has 110 valence electrons. The fourth-order valence-electron chi connectivity index (χ4n) is 1.01. The predicted octanol–water partition coefficient (Wildman–Crippen LogP) is 1.39. The van der Waals surface area contributed by atoms with E-state index in [0.29, 0.717) is 11.3 Å². The minimum Gasteiger partial charge on any atom is -0.395 e. The van der Waals surface area contributed by atoms with Crippen LogP contribution in [-0.4, -0.2) is 42.0 Å². The molecule has 0 unspecified atom stereocenters. The molecule has 0 fully saturated rings. The zero-order valence-electron chi connectivity index (χ0n) is 10.2. The normalized spacial score (nSPS) is 10.8. The number of alkyl halides is 3. The molecule has 0 aromatic carbocycles. The zero-order chi connectivity index (χ0) is 15.0. The summed E-state index contributed by atoms with van der Waals surface area (Å²) in [6.45, 7) is -2.23. The van der Waals surface area contributed by atoms with Crippen molar-refractivity contribution in [2.45, 2.75) is 12.6 Å². The van der Waals surface area contributed by atoms with Crippen LogP contribution < -0.4 is 5.32 Å². The maximum absolute atomic E-state index is 11.8. The lowest BCUT2D eigenvalue weighted by molar-refractivity contribution is -0.174. The number of nitrogens with one attached hydrogen (secondary N) is 1. The van der Waals surface area contributed by atoms with E-state index in [0.717, 1.165) is 11.3 Å². The van der Waals surface area contributed by atoms with Crippen molar-refractivity contribution in [3.8, 4) is 11.8 Å². The quantitative estimate of drug-likeness (QED) is 0.807. The fraction of sp³-hybridized carbons (Fsp3) is 0.455. The Labute approximate surface area is 116 Å². The van der Waals surface area contributed by atoms with E-state index in [1.54, 1.807) is 0 Å². The molecule has 1 aromatic heterocycles. The number of halogens is 3. The third-order valence-corrected chi connectivity index (χ3v) is 2.53. The third-order valence-electron chi connectivity index (χ3n) is 1.70. The molecule has 0 spiro atoms. The Balaban J connectivity index is 2.38. The number of hydrogen-bond donors (Lipinski definition) is 2. The van der Waals surface area contributed by atoms with Gasteiger partial charge in [0.05, 0.1) is 17.7 Å². The van der Waals surface area contributed by atoms with E-state index >= 15 is 0 Å². The Kier molecular flexibility index (Phi) is 6.44. The summed E-state index contributed by atoms with van der Waals surface area (Å²) in [5.74, 6) is 4.67. The second kappa shape index (κ2) is 7.84. The number of amides is 1. The summed E-state index contributed by atoms with van der Waals surface area (Å²) in [6, 6.07) is 0. The van der Waals surface area contributed by atoms with Crippen LogP contribution in [0.3, 0.4) is 0 Å². The van der Waals surface area contributed by atoms with Gasteiger partial charge < -0.3 is 9.84 Å². The number of aliphatic hydroxyl groups is 1. The first-order chi connectivity index (χ1) is 9.40. The summed E-state index contributed by atoms with van der Waals surface area (Å²) in [5.41, 5.74) is 0. The number of carbonyl (C=O) groups excluding carboxylic acids is 1. The van der Waals surface area contributed by atoms with Crippen LogP contribution in [0.1, 0.15) is 11.3 Å². The summed E-state index contributed by atoms with van der Waals surface area (Å²) in [6.07, 6.45) is -2.72. The van der Waals surface area contributed by atoms with Crippen LogP contribution in [0.5, 0.6) is 0 Å². The molecule has 1 rings (SSSR count). The van der Waals surface area contributed by atoms with Crippen LogP contribution in [0.25, 0.3) is 0 Å². The van der Waals surface area contributed by atoms with Gasteiger partial charge >= 0.3 is 6.18 Å². The van der Waals surface area contributed by atoms with Crippen molar-refractivity contribution in [2.24, 2.45) is 0 Å². The number of rotatable bonds is 5. The lowest BCUT2D eigenvalue weighted by atomic mass is 10.4. The summed E-state index contributed by atoms with van der Waals surface area (Å²) in [7, 11) is 0. The molecule has 9 heteroatoms. The highest BCUT2D eigenvalue weighted by Gasteiger charge is 2.27. The molecule has 0 aliphatic carbocycles. The first-order valence-electron chi connectivity index (χ1n) is 5.40. The Bertz CT molecular complexity index is 505. The lowest BCUT2D eigenvalue weighted by Crippen LogP contribution is -2.23. The van der Waals surface area contributed by atoms with Gasteiger partial charge in [-0.1, -0.05) is 23.2 Å². The van der Waals surface area contributed by atoms with Gasteiger partial charge in [-0.3, -0.25) is 10.1 Å². The minimum absolute atomic E-state index is 0.0497. The first-order valence-corrected chi connectivity index (χ1v) is 6.22. The molecule has 0 bridgehead atoms. The molecular weight excluding hydrogens is 297 g/mol. The number of anilines is 1. The van der Waals surface area contributed by atoms with Gasteiger partial charge in [-0.15, -0.1) is 0 Å². The van der Waals surface area contributed by atoms with E-state index in [2.05, 4.69) is 26.9 Å². The number of ether oxygens (including phenoxy) is 1. The smallest absolute Gasteiger partial charge is 0.395 e. The molecule has 0 atom stereocenters. The molecule has 20 heavy (non-hydrogen) atoms. The molecule has 0 aliphatic heterocycles. The number of aromatic nitrogens is 1. The largest absolute Gasteiger partial charge is 0.411 e. The second-order valence-corrected chi connectivity index (χ2v) is 4.49. The Morgan fingerprint density at radius 1 is 1.55 bits per heavy atom. The van der Waals surface area contributed by atoms with Crippen molar-refractivity contribution < 1.29 is 27.8 Å². The van der Waals surface area contributed by atoms with Gasteiger partial charge in [-0.05, 0) is 0 Å². The van der Waals surface area contributed by atoms with E-state index in [1.165, 1.54) is 6.20 Å². The van der Waals surface area contributed by atoms with Crippen LogP contribution in [0.2, 0.25) is 0 Å². The van der Waals surface area contributed by atoms with E-state index in [9.17, 15) is 18.0 Å². The van der Waals surface area contributed by atoms with E-state index in [1.807, 2.05) is 0 Å². The van der Waals surface area contributed by atoms with Crippen molar-refractivity contribution in [1.29, 1.82) is 0 Å². The molecule has 2 N–H and O–H groups in total. The van der Waals surface area contributed by atoms with Crippen molar-refractivity contribution in [2.75, 3.05) is 25.1 Å². The SMILES string of the molecule is O=C(COCC(F)(F)F)Nc1ncc(C#CCCO)s1. The standard InChI is InChI=1S/C11H11F3N2O3S/c12-11(13,14)7-19-6-9(18)16-10-15-5-8(20-10)3-1-2-4-17/h5,17H,2,4,6-7H2,(H,15,16,18). The van der Waals surface area contributed by atoms with Gasteiger partial charge in [0, 0.05) is 6.42 Å². The van der Waals surface area contributed by atoms with Crippen LogP contribution in [0.15, 0.2) is 6.20 Å². The van der Waals surface area contributed by atoms with Crippen LogP contribution in [0.4, 0.5) is 18.3 Å². The summed E-state index contributed by atoms with van der Waals surface area (Å²) < 4.78 is 39.6. The number of carbonyl (C=O) groups is 1. The Hall–Kier alpha value is -1.63. The van der Waals surface area contributed by atoms with Gasteiger partial charge in [0.1, 0.15) is 13.2 Å². The zero-order valence-corrected chi connectivity index (χ0v) is 11.0. The van der Waals surface area contributed by atoms with E-state index < -0.39 is 25.3 Å². The average molecular weight is 308 g/mol. The highest BCUT2D eigenvalue weighted by Crippen LogP contribution is 2.17. The summed E-state index contributed by atoms with van der Waals surface area (Å²) in [5, 5.41) is 11.1. The summed E-state index contributed by atoms with van der Waals surface area (Å²) >= 11 is 1.07. The topological polar surface area (TPSA) is 71.5 Å². The van der Waals surface area contributed by atoms with Crippen LogP contribution in [-0.2, 0) is 9.53 Å². The predicted molar refractivity (Wildman–Crippen MR) is 66.2 cm³/mol. The number of nitrogens with zero attached hydrogens (tertiary/aromatic N) is 1. The van der Waals surface area contributed by atoms with Crippen LogP contribution >= 0.6 is 11.3 Å². The molecule has 5 nitrogen and oxygen atoms in total. The van der Waals surface area contributed by atoms with Gasteiger partial charge in [0.15, 0.2) is 5.13 Å². The maximum Gasteiger partial charge on any atom is 0.411 e. The second-order valence-electron chi connectivity index (χ2n) is 3.46. The van der Waals surface area contributed by atoms with Crippen LogP contribution in [0, 0.1) is 11.8 Å². The molecule has 0 saturated carbocycles. The molecular formula is C11H11F3N2O3S. The third kappa shape index (κ3) is 7.08. The monoisotopic (exact) mass is 308 g/mol. The van der Waals surface area contributed by atoms with Gasteiger partial charge in [-0.25, -0.2) is 4.98 Å². The molecule has 1 amide bonds. The lowest BCUT2D eigenvalue weighted by Gasteiger charge is -2.06. The van der Waals surface area contributed by atoms with E-state index in [-0.39, 0.29) is 11.7 Å². The van der Waals surface area contributed by atoms with E-state index in [4.69, 9.17) is 5.11 Å².